The highest BCUT2D eigenvalue weighted by molar-refractivity contribution is 8.13. The molecule has 78 heavy (non-hydrogen) atoms. The van der Waals surface area contributed by atoms with Crippen LogP contribution in [0.1, 0.15) is 120 Å². The molecule has 0 radical (unpaired) electrons. The number of allylic oxidation sites excluding steroid dienone is 3. The van der Waals surface area contributed by atoms with Gasteiger partial charge in [0.15, 0.2) is 5.12 Å². The van der Waals surface area contributed by atoms with Crippen LogP contribution in [0.5, 0.6) is 5.75 Å². The van der Waals surface area contributed by atoms with Crippen LogP contribution in [-0.2, 0) is 28.6 Å². The van der Waals surface area contributed by atoms with Gasteiger partial charge in [-0.2, -0.15) is 0 Å². The van der Waals surface area contributed by atoms with Crippen molar-refractivity contribution in [2.75, 3.05) is 30.1 Å². The van der Waals surface area contributed by atoms with Gasteiger partial charge in [0.05, 0.1) is 24.9 Å². The molecule has 12 heteroatoms. The zero-order chi connectivity index (χ0) is 57.5. The van der Waals surface area contributed by atoms with Gasteiger partial charge in [0.2, 0.25) is 0 Å². The second-order valence-electron chi connectivity index (χ2n) is 20.4. The molecule has 0 heterocycles. The van der Waals surface area contributed by atoms with E-state index in [9.17, 15) is 14.4 Å². The van der Waals surface area contributed by atoms with E-state index in [1.165, 1.54) is 36.9 Å². The van der Waals surface area contributed by atoms with Gasteiger partial charge in [-0.3, -0.25) is 14.4 Å². The molecule has 0 aromatic heterocycles. The lowest BCUT2D eigenvalue weighted by Gasteiger charge is -2.21. The first-order chi connectivity index (χ1) is 37.3. The van der Waals surface area contributed by atoms with E-state index in [2.05, 4.69) is 128 Å². The zero-order valence-corrected chi connectivity index (χ0v) is 52.8. The van der Waals surface area contributed by atoms with Crippen LogP contribution in [0.2, 0.25) is 0 Å². The summed E-state index contributed by atoms with van der Waals surface area (Å²) in [7, 11) is 0. The summed E-state index contributed by atoms with van der Waals surface area (Å²) in [5.41, 5.74) is 1.42. The summed E-state index contributed by atoms with van der Waals surface area (Å²) < 4.78 is 22.3. The fourth-order valence-electron chi connectivity index (χ4n) is 6.62. The average Bonchev–Trinajstić information content (AvgIpc) is 3.93. The van der Waals surface area contributed by atoms with E-state index in [-0.39, 0.29) is 41.5 Å². The Morgan fingerprint density at radius 2 is 0.974 bits per heavy atom. The molecule has 0 N–H and O–H groups in total. The first kappa shape index (κ1) is 70.0. The van der Waals surface area contributed by atoms with E-state index < -0.39 is 0 Å². The second kappa shape index (κ2) is 42.7. The van der Waals surface area contributed by atoms with Crippen LogP contribution >= 0.6 is 58.8 Å². The molecule has 1 aliphatic carbocycles. The maximum atomic E-state index is 12.0. The van der Waals surface area contributed by atoms with Gasteiger partial charge in [-0.1, -0.05) is 170 Å². The average molecular weight is 1160 g/mol. The maximum Gasteiger partial charge on any atom is 0.311 e. The number of para-hydroxylation sites is 1. The lowest BCUT2D eigenvalue weighted by Crippen LogP contribution is -2.27. The normalized spacial score (nSPS) is 12.0. The number of ether oxygens (including phenoxy) is 4. The van der Waals surface area contributed by atoms with Crippen molar-refractivity contribution >= 4 is 75.9 Å². The quantitative estimate of drug-likeness (QED) is 0.0317. The molecule has 0 amide bonds. The summed E-state index contributed by atoms with van der Waals surface area (Å²) >= 11 is 8.45. The molecule has 6 rings (SSSR count). The number of hydrogen-bond acceptors (Lipinski definition) is 12. The Balaban J connectivity index is 0.000000344. The lowest BCUT2D eigenvalue weighted by atomic mass is 10.0. The topological polar surface area (TPSA) is 88.1 Å². The van der Waals surface area contributed by atoms with Gasteiger partial charge < -0.3 is 18.9 Å². The minimum atomic E-state index is -0.166. The van der Waals surface area contributed by atoms with Gasteiger partial charge in [0, 0.05) is 61.0 Å². The summed E-state index contributed by atoms with van der Waals surface area (Å²) in [6.07, 6.45) is 12.0. The third-order valence-corrected chi connectivity index (χ3v) is 15.5. The zero-order valence-electron chi connectivity index (χ0n) is 48.8. The number of rotatable bonds is 25. The van der Waals surface area contributed by atoms with E-state index in [0.717, 1.165) is 28.6 Å². The predicted molar refractivity (Wildman–Crippen MR) is 340 cm³/mol. The van der Waals surface area contributed by atoms with Crippen LogP contribution in [0.15, 0.2) is 188 Å². The third-order valence-electron chi connectivity index (χ3n) is 10.4. The molecule has 1 atom stereocenters. The highest BCUT2D eigenvalue weighted by atomic mass is 32.2. The number of hydrogen-bond donors (Lipinski definition) is 0. The van der Waals surface area contributed by atoms with E-state index in [1.54, 1.807) is 47.4 Å². The Morgan fingerprint density at radius 3 is 1.41 bits per heavy atom. The minimum absolute atomic E-state index is 0.0911. The Hall–Kier alpha value is -4.14. The number of carbonyl (C=O) groups is 3. The molecule has 5 aromatic rings. The number of esters is 2. The van der Waals surface area contributed by atoms with Gasteiger partial charge in [-0.05, 0) is 130 Å². The van der Waals surface area contributed by atoms with Gasteiger partial charge >= 0.3 is 11.9 Å². The van der Waals surface area contributed by atoms with Crippen molar-refractivity contribution in [2.45, 2.75) is 159 Å². The molecular formula is C66H90O7S5. The Kier molecular flexibility index (Phi) is 38.3. The molecule has 1 aliphatic rings. The van der Waals surface area contributed by atoms with Crippen LogP contribution in [0, 0.1) is 17.8 Å². The smallest absolute Gasteiger partial charge is 0.311 e. The summed E-state index contributed by atoms with van der Waals surface area (Å²) in [6.45, 7) is 25.5. The molecule has 0 saturated carbocycles. The third kappa shape index (κ3) is 36.9. The first-order valence-electron chi connectivity index (χ1n) is 27.3. The molecule has 0 aliphatic heterocycles. The molecule has 5 aromatic carbocycles. The van der Waals surface area contributed by atoms with Crippen molar-refractivity contribution in [3.05, 3.63) is 174 Å². The first-order valence-corrected chi connectivity index (χ1v) is 32.3. The SMILES string of the molecule is CC(C)CC(=O)OC(CSc1ccccc1)CSc1ccccc1.CC(C)CC(=O)Oc1ccccc1.CC(C)CC(=O)Sc1ccccc1.CC(C)OCC(CSC1=CCC=C1)OC(C)C.CSc1ccc(C(C)C)cc1. The molecule has 0 fully saturated rings. The van der Waals surface area contributed by atoms with Crippen molar-refractivity contribution < 1.29 is 33.3 Å². The van der Waals surface area contributed by atoms with Crippen molar-refractivity contribution in [2.24, 2.45) is 17.8 Å². The number of carbonyl (C=O) groups excluding carboxylic acids is 3. The van der Waals surface area contributed by atoms with Crippen molar-refractivity contribution in [1.29, 1.82) is 0 Å². The van der Waals surface area contributed by atoms with Crippen molar-refractivity contribution in [1.82, 2.24) is 0 Å². The van der Waals surface area contributed by atoms with Crippen molar-refractivity contribution in [3.8, 4) is 5.75 Å². The highest BCUT2D eigenvalue weighted by Crippen LogP contribution is 2.27. The second-order valence-corrected chi connectivity index (χ2v) is 25.7. The Morgan fingerprint density at radius 1 is 0.500 bits per heavy atom. The summed E-state index contributed by atoms with van der Waals surface area (Å²) in [6, 6.07) is 48.2. The summed E-state index contributed by atoms with van der Waals surface area (Å²) in [4.78, 5) is 40.8. The number of benzene rings is 5. The monoisotopic (exact) mass is 1150 g/mol. The van der Waals surface area contributed by atoms with Gasteiger partial charge in [0.1, 0.15) is 11.9 Å². The fourth-order valence-corrected chi connectivity index (χ4v) is 10.9. The Labute approximate surface area is 492 Å². The predicted octanol–water partition coefficient (Wildman–Crippen LogP) is 18.8. The summed E-state index contributed by atoms with van der Waals surface area (Å²) in [5.74, 6) is 4.61. The van der Waals surface area contributed by atoms with E-state index in [4.69, 9.17) is 18.9 Å². The van der Waals surface area contributed by atoms with E-state index >= 15 is 0 Å². The van der Waals surface area contributed by atoms with Crippen LogP contribution in [0.4, 0.5) is 0 Å². The molecule has 0 spiro atoms. The van der Waals surface area contributed by atoms with Gasteiger partial charge in [0.25, 0.3) is 0 Å². The van der Waals surface area contributed by atoms with E-state index in [1.807, 2.05) is 124 Å². The van der Waals surface area contributed by atoms with Gasteiger partial charge in [-0.15, -0.1) is 47.0 Å². The standard InChI is InChI=1S/C20H24O2S2.C14H24O2S.C11H14O2.C11H14OS.C10H14S/c1-16(2)13-20(21)22-17(14-23-18-9-5-3-6-10-18)15-24-19-11-7-4-8-12-19;1-11(2)15-9-13(16-12(3)4)10-17-14-7-5-6-8-14;2*1-9(2)8-11(12)13-10-6-4-3-5-7-10;1-8(2)9-4-6-10(11-3)7-5-9/h3-12,16-17H,13-15H2,1-2H3;5,7-8,11-13H,6,9-10H2,1-4H3;2*3-7,9H,8H2,1-2H3;4-8H,1-3H3. The molecular weight excluding hydrogens is 1070 g/mol. The fraction of sp³-hybridized carbons (Fsp3) is 0.439. The largest absolute Gasteiger partial charge is 0.461 e. The molecule has 0 saturated heterocycles. The van der Waals surface area contributed by atoms with Crippen LogP contribution in [-0.4, -0.2) is 71.6 Å². The van der Waals surface area contributed by atoms with Crippen LogP contribution < -0.4 is 4.74 Å². The maximum absolute atomic E-state index is 12.0. The lowest BCUT2D eigenvalue weighted by molar-refractivity contribution is -0.147. The van der Waals surface area contributed by atoms with Crippen LogP contribution in [0.25, 0.3) is 0 Å². The highest BCUT2D eigenvalue weighted by Gasteiger charge is 2.18. The minimum Gasteiger partial charge on any atom is -0.461 e. The van der Waals surface area contributed by atoms with Crippen LogP contribution in [0.3, 0.4) is 0 Å². The summed E-state index contributed by atoms with van der Waals surface area (Å²) in [5, 5.41) is 0.251. The number of thioether (sulfide) groups is 5. The Bertz CT molecular complexity index is 2270. The van der Waals surface area contributed by atoms with Crippen molar-refractivity contribution in [3.63, 3.8) is 0 Å². The molecule has 0 bridgehead atoms. The van der Waals surface area contributed by atoms with E-state index in [0.29, 0.717) is 55.3 Å². The molecule has 7 nitrogen and oxygen atoms in total. The molecule has 1 unspecified atom stereocenters. The van der Waals surface area contributed by atoms with Gasteiger partial charge in [-0.25, -0.2) is 0 Å². The molecule has 426 valence electrons.